The van der Waals surface area contributed by atoms with Gasteiger partial charge in [-0.25, -0.2) is 0 Å². The van der Waals surface area contributed by atoms with Gasteiger partial charge in [-0.15, -0.1) is 6.58 Å². The number of hydrogen-bond donors (Lipinski definition) is 1. The molecule has 0 amide bonds. The van der Waals surface area contributed by atoms with Crippen molar-refractivity contribution in [1.29, 1.82) is 0 Å². The van der Waals surface area contributed by atoms with Crippen molar-refractivity contribution in [2.75, 3.05) is 26.4 Å². The molecule has 9 aromatic rings. The smallest absolute Gasteiger partial charge is 0.187 e. The minimum absolute atomic E-state index is 0.0237. The van der Waals surface area contributed by atoms with Gasteiger partial charge in [-0.05, 0) is 86.5 Å². The SMILES string of the molecule is C=CCO[C@@H]1O[C@H](COCc2ccccc2)[C@@H](OCc2ccccc2)[C@H](OCc2ccccc2)[C@@H]1O[C@@H]1O[C@H](COCc2ccccc2)[C@@H](OCc2ccccc2)[C@H](OCc2ccccc2)[C@@H]1O[C@@H]1O[C@H](COCc2ccc(Cl)cc2)[C@@H](OCc2ccc(Cl)cc2)[C@H](OCc2ccc(Cl)cc2)[C@@H]1O. The molecule has 9 aromatic carbocycles. The molecule has 0 spiro atoms. The van der Waals surface area contributed by atoms with E-state index in [0.717, 1.165) is 50.1 Å². The molecule has 1 N–H and O–H groups in total. The van der Waals surface area contributed by atoms with Crippen molar-refractivity contribution in [1.82, 2.24) is 0 Å². The summed E-state index contributed by atoms with van der Waals surface area (Å²) in [6.45, 7) is 5.31. The van der Waals surface area contributed by atoms with E-state index in [1.54, 1.807) is 42.5 Å². The summed E-state index contributed by atoms with van der Waals surface area (Å²) in [5.74, 6) is 0. The fourth-order valence-electron chi connectivity index (χ4n) is 12.6. The van der Waals surface area contributed by atoms with Gasteiger partial charge in [0.2, 0.25) is 0 Å². The Bertz CT molecular complexity index is 3860. The molecule has 19 heteroatoms. The summed E-state index contributed by atoms with van der Waals surface area (Å²) in [5.41, 5.74) is 7.87. The van der Waals surface area contributed by atoms with Gasteiger partial charge in [0.15, 0.2) is 18.9 Å². The van der Waals surface area contributed by atoms with Crippen molar-refractivity contribution >= 4 is 34.8 Å². The maximum absolute atomic E-state index is 13.4. The summed E-state index contributed by atoms with van der Waals surface area (Å²) in [5, 5.41) is 15.1. The number of hydrogen-bond acceptors (Lipinski definition) is 16. The second-order valence-electron chi connectivity index (χ2n) is 25.4. The lowest BCUT2D eigenvalue weighted by Crippen LogP contribution is -2.68. The first kappa shape index (κ1) is 75.6. The maximum Gasteiger partial charge on any atom is 0.187 e. The van der Waals surface area contributed by atoms with E-state index in [4.69, 9.17) is 106 Å². The van der Waals surface area contributed by atoms with Crippen LogP contribution in [0.15, 0.2) is 267 Å². The number of aliphatic hydroxyl groups excluding tert-OH is 1. The van der Waals surface area contributed by atoms with Gasteiger partial charge in [0, 0.05) is 15.1 Å². The minimum atomic E-state index is -1.60. The minimum Gasteiger partial charge on any atom is -0.385 e. The molecule has 0 unspecified atom stereocenters. The third-order valence-corrected chi connectivity index (χ3v) is 18.6. The first-order valence-corrected chi connectivity index (χ1v) is 35.9. The lowest BCUT2D eigenvalue weighted by atomic mass is 9.95. The topological polar surface area (TPSA) is 159 Å². The molecule has 3 aliphatic rings. The Kier molecular flexibility index (Phi) is 29.3. The molecule has 3 aliphatic heterocycles. The zero-order valence-electron chi connectivity index (χ0n) is 57.1. The molecule has 12 rings (SSSR count). The van der Waals surface area contributed by atoms with Crippen LogP contribution in [0, 0.1) is 0 Å². The third kappa shape index (κ3) is 22.5. The van der Waals surface area contributed by atoms with Gasteiger partial charge in [-0.3, -0.25) is 0 Å². The van der Waals surface area contributed by atoms with Crippen LogP contribution in [-0.4, -0.2) is 124 Å². The summed E-state index contributed by atoms with van der Waals surface area (Å²) < 4.78 is 106. The average Bonchev–Trinajstić information content (AvgIpc) is 0.764. The molecule has 16 nitrogen and oxygen atoms in total. The highest BCUT2D eigenvalue weighted by atomic mass is 35.5. The van der Waals surface area contributed by atoms with Crippen molar-refractivity contribution in [3.8, 4) is 0 Å². The van der Waals surface area contributed by atoms with Crippen molar-refractivity contribution in [3.05, 3.63) is 333 Å². The second-order valence-corrected chi connectivity index (χ2v) is 26.7. The lowest BCUT2D eigenvalue weighted by molar-refractivity contribution is -0.404. The average molecular weight is 1460 g/mol. The molecule has 0 aromatic heterocycles. The highest BCUT2D eigenvalue weighted by Gasteiger charge is 2.57. The number of halogens is 3. The van der Waals surface area contributed by atoms with E-state index in [2.05, 4.69) is 6.58 Å². The van der Waals surface area contributed by atoms with Crippen LogP contribution < -0.4 is 0 Å². The molecule has 0 bridgehead atoms. The van der Waals surface area contributed by atoms with Crippen LogP contribution in [0.3, 0.4) is 0 Å². The van der Waals surface area contributed by atoms with E-state index in [0.29, 0.717) is 15.1 Å². The monoisotopic (exact) mass is 1460 g/mol. The predicted molar refractivity (Wildman–Crippen MR) is 391 cm³/mol. The molecule has 3 heterocycles. The largest absolute Gasteiger partial charge is 0.385 e. The molecule has 0 aliphatic carbocycles. The summed E-state index contributed by atoms with van der Waals surface area (Å²) >= 11 is 19.2. The van der Waals surface area contributed by atoms with E-state index in [1.807, 2.05) is 218 Å². The van der Waals surface area contributed by atoms with Crippen LogP contribution in [0.2, 0.25) is 15.1 Å². The van der Waals surface area contributed by atoms with Crippen LogP contribution in [0.4, 0.5) is 0 Å². The van der Waals surface area contributed by atoms with Crippen molar-refractivity contribution in [2.45, 2.75) is 152 Å². The number of aliphatic hydroxyl groups is 1. The van der Waals surface area contributed by atoms with Crippen LogP contribution >= 0.6 is 34.8 Å². The van der Waals surface area contributed by atoms with Gasteiger partial charge >= 0.3 is 0 Å². The van der Waals surface area contributed by atoms with E-state index in [-0.39, 0.29) is 85.9 Å². The quantitative estimate of drug-likeness (QED) is 0.0366. The normalized spacial score (nSPS) is 24.9. The molecular formula is C84H87Cl3O16. The molecule has 0 saturated carbocycles. The Balaban J connectivity index is 0.976. The molecule has 3 fully saturated rings. The fraction of sp³-hybridized carbons (Fsp3) is 0.333. The molecule has 540 valence electrons. The van der Waals surface area contributed by atoms with Crippen LogP contribution in [0.1, 0.15) is 50.1 Å². The first-order valence-electron chi connectivity index (χ1n) is 34.7. The highest BCUT2D eigenvalue weighted by Crippen LogP contribution is 2.40. The zero-order chi connectivity index (χ0) is 70.8. The summed E-state index contributed by atoms with van der Waals surface area (Å²) in [7, 11) is 0. The zero-order valence-corrected chi connectivity index (χ0v) is 59.4. The Morgan fingerprint density at radius 3 is 0.874 bits per heavy atom. The second kappa shape index (κ2) is 39.9. The van der Waals surface area contributed by atoms with E-state index >= 15 is 0 Å². The molecular weight excluding hydrogens is 1370 g/mol. The van der Waals surface area contributed by atoms with Gasteiger partial charge in [0.1, 0.15) is 73.2 Å². The highest BCUT2D eigenvalue weighted by molar-refractivity contribution is 6.31. The maximum atomic E-state index is 13.4. The lowest BCUT2D eigenvalue weighted by Gasteiger charge is -2.51. The first-order chi connectivity index (χ1) is 50.7. The van der Waals surface area contributed by atoms with Gasteiger partial charge in [-0.2, -0.15) is 0 Å². The standard InChI is InChI=1S/C84H87Cl3O16/c1-2-45-92-83-80(78(97-51-62-29-17-7-18-30-62)75(94-49-60-25-13-5-14-26-60)71(100-83)56-89-46-58-21-9-3-10-22-58)103-84-81(79(98-52-63-31-19-8-20-32-63)76(95-50-61-27-15-6-16-28-61)72(101-84)57-90-47-59-23-11-4-12-24-59)102-82-73(88)77(96-54-66-37-43-69(87)44-38-66)74(93-53-65-35-41-68(86)42-36-65)70(99-82)55-91-48-64-33-39-67(85)40-34-64/h2-44,70-84,88H,1,45-57H2/t70-,71-,72-,73+,74-,75-,76-,77-,78+,79+,80+,81+,82+,83-,84+/m1/s1. The van der Waals surface area contributed by atoms with E-state index in [1.165, 1.54) is 0 Å². The summed E-state index contributed by atoms with van der Waals surface area (Å²) in [4.78, 5) is 0. The van der Waals surface area contributed by atoms with Crippen molar-refractivity contribution in [3.63, 3.8) is 0 Å². The Morgan fingerprint density at radius 1 is 0.282 bits per heavy atom. The summed E-state index contributed by atoms with van der Waals surface area (Å²) in [6.07, 6.45) is -15.7. The van der Waals surface area contributed by atoms with Crippen LogP contribution in [-0.2, 0) is 131 Å². The van der Waals surface area contributed by atoms with Gasteiger partial charge in [0.25, 0.3) is 0 Å². The number of rotatable bonds is 37. The molecule has 0 radical (unpaired) electrons. The number of benzene rings is 9. The molecule has 15 atom stereocenters. The molecule has 3 saturated heterocycles. The van der Waals surface area contributed by atoms with E-state index in [9.17, 15) is 5.11 Å². The van der Waals surface area contributed by atoms with Crippen LogP contribution in [0.5, 0.6) is 0 Å². The third-order valence-electron chi connectivity index (χ3n) is 17.9. The van der Waals surface area contributed by atoms with Gasteiger partial charge in [0.05, 0.1) is 85.9 Å². The van der Waals surface area contributed by atoms with Crippen molar-refractivity contribution < 1.29 is 76.2 Å². The number of ether oxygens (including phenoxy) is 15. The van der Waals surface area contributed by atoms with E-state index < -0.39 is 92.1 Å². The van der Waals surface area contributed by atoms with Crippen molar-refractivity contribution in [2.24, 2.45) is 0 Å². The van der Waals surface area contributed by atoms with Crippen LogP contribution in [0.25, 0.3) is 0 Å². The van der Waals surface area contributed by atoms with Gasteiger partial charge < -0.3 is 76.2 Å². The van der Waals surface area contributed by atoms with Gasteiger partial charge in [-0.1, -0.05) is 259 Å². The Morgan fingerprint density at radius 2 is 0.534 bits per heavy atom. The molecule has 103 heavy (non-hydrogen) atoms. The Labute approximate surface area is 618 Å². The Hall–Kier alpha value is -7.05. The summed E-state index contributed by atoms with van der Waals surface area (Å²) in [6, 6.07) is 81.1. The predicted octanol–water partition coefficient (Wildman–Crippen LogP) is 15.6. The fourth-order valence-corrected chi connectivity index (χ4v) is 12.9.